The summed E-state index contributed by atoms with van der Waals surface area (Å²) in [5.41, 5.74) is 0.352. The Morgan fingerprint density at radius 2 is 1.65 bits per heavy atom. The minimum Gasteiger partial charge on any atom is -0.469 e. The van der Waals surface area contributed by atoms with E-state index in [4.69, 9.17) is 9.47 Å². The highest BCUT2D eigenvalue weighted by Gasteiger charge is 2.19. The molecule has 8 nitrogen and oxygen atoms in total. The van der Waals surface area contributed by atoms with Gasteiger partial charge in [0.1, 0.15) is 12.2 Å². The summed E-state index contributed by atoms with van der Waals surface area (Å²) in [6.07, 6.45) is 2.86. The average Bonchev–Trinajstić information content (AvgIpc) is 2.71. The van der Waals surface area contributed by atoms with Crippen molar-refractivity contribution in [3.8, 4) is 0 Å². The van der Waals surface area contributed by atoms with Gasteiger partial charge in [0.05, 0.1) is 7.11 Å². The summed E-state index contributed by atoms with van der Waals surface area (Å²) in [7, 11) is 1.36. The molecule has 2 N–H and O–H groups in total. The summed E-state index contributed by atoms with van der Waals surface area (Å²) >= 11 is 0. The number of hydrogen-bond donors (Lipinski definition) is 2. The Labute approximate surface area is 185 Å². The van der Waals surface area contributed by atoms with Gasteiger partial charge in [0.2, 0.25) is 0 Å². The van der Waals surface area contributed by atoms with Crippen LogP contribution in [-0.2, 0) is 25.6 Å². The predicted molar refractivity (Wildman–Crippen MR) is 118 cm³/mol. The monoisotopic (exact) mass is 436 g/mol. The first-order valence-electron chi connectivity index (χ1n) is 10.7. The van der Waals surface area contributed by atoms with Crippen LogP contribution in [0.1, 0.15) is 64.9 Å². The third kappa shape index (κ3) is 14.0. The Balaban J connectivity index is 2.31. The molecule has 2 amide bonds. The molecule has 0 bridgehead atoms. The van der Waals surface area contributed by atoms with E-state index in [1.54, 1.807) is 20.8 Å². The number of alkyl carbamates (subject to hydrolysis) is 2. The number of carbonyl (C=O) groups excluding carboxylic acids is 3. The lowest BCUT2D eigenvalue weighted by atomic mass is 10.0. The fourth-order valence-electron chi connectivity index (χ4n) is 2.84. The molecule has 1 aromatic rings. The van der Waals surface area contributed by atoms with Gasteiger partial charge in [-0.05, 0) is 58.4 Å². The van der Waals surface area contributed by atoms with E-state index < -0.39 is 17.8 Å². The lowest BCUT2D eigenvalue weighted by molar-refractivity contribution is -0.140. The molecule has 0 radical (unpaired) electrons. The van der Waals surface area contributed by atoms with Gasteiger partial charge >= 0.3 is 18.2 Å². The van der Waals surface area contributed by atoms with Crippen molar-refractivity contribution in [1.29, 1.82) is 0 Å². The molecule has 0 aliphatic heterocycles. The summed E-state index contributed by atoms with van der Waals surface area (Å²) in [5.74, 6) is -0.269. The molecule has 8 heteroatoms. The number of hydrogen-bond acceptors (Lipinski definition) is 6. The number of amides is 2. The standard InChI is InChI=1S/C23H36N2O6/c1-23(2,3)31-22(28)25-19(14-10-15-20(26)29-4)13-8-9-16-24-21(27)30-17-18-11-6-5-7-12-18/h5-7,11-12,19H,8-10,13-17H2,1-4H3,(H,24,27)(H,25,28). The van der Waals surface area contributed by atoms with Gasteiger partial charge in [-0.2, -0.15) is 0 Å². The van der Waals surface area contributed by atoms with Crippen LogP contribution in [0.3, 0.4) is 0 Å². The molecule has 0 aliphatic carbocycles. The van der Waals surface area contributed by atoms with Crippen LogP contribution in [0.15, 0.2) is 30.3 Å². The minimum absolute atomic E-state index is 0.121. The van der Waals surface area contributed by atoms with Crippen molar-refractivity contribution < 1.29 is 28.6 Å². The minimum atomic E-state index is -0.579. The highest BCUT2D eigenvalue weighted by atomic mass is 16.6. The summed E-state index contributed by atoms with van der Waals surface area (Å²) in [6.45, 7) is 6.13. The van der Waals surface area contributed by atoms with Crippen LogP contribution < -0.4 is 10.6 Å². The van der Waals surface area contributed by atoms with Crippen LogP contribution in [0.4, 0.5) is 9.59 Å². The largest absolute Gasteiger partial charge is 0.469 e. The van der Waals surface area contributed by atoms with E-state index in [1.807, 2.05) is 30.3 Å². The Kier molecular flexibility index (Phi) is 12.1. The quantitative estimate of drug-likeness (QED) is 0.287. The Morgan fingerprint density at radius 1 is 0.968 bits per heavy atom. The third-order valence-corrected chi connectivity index (χ3v) is 4.34. The maximum absolute atomic E-state index is 12.1. The van der Waals surface area contributed by atoms with Gasteiger partial charge in [0.25, 0.3) is 0 Å². The predicted octanol–water partition coefficient (Wildman–Crippen LogP) is 4.32. The van der Waals surface area contributed by atoms with Crippen molar-refractivity contribution in [2.24, 2.45) is 0 Å². The summed E-state index contributed by atoms with van der Waals surface area (Å²) in [4.78, 5) is 35.2. The van der Waals surface area contributed by atoms with E-state index >= 15 is 0 Å². The Bertz CT molecular complexity index is 672. The topological polar surface area (TPSA) is 103 Å². The molecule has 0 aliphatic rings. The van der Waals surface area contributed by atoms with Crippen LogP contribution in [0.5, 0.6) is 0 Å². The first kappa shape index (κ1) is 26.3. The van der Waals surface area contributed by atoms with E-state index in [1.165, 1.54) is 7.11 Å². The molecule has 174 valence electrons. The fourth-order valence-corrected chi connectivity index (χ4v) is 2.84. The highest BCUT2D eigenvalue weighted by Crippen LogP contribution is 2.12. The van der Waals surface area contributed by atoms with E-state index in [9.17, 15) is 14.4 Å². The fraction of sp³-hybridized carbons (Fsp3) is 0.609. The van der Waals surface area contributed by atoms with Crippen LogP contribution in [0, 0.1) is 0 Å². The van der Waals surface area contributed by atoms with Gasteiger partial charge in [0, 0.05) is 19.0 Å². The van der Waals surface area contributed by atoms with E-state index in [0.717, 1.165) is 18.4 Å². The summed E-state index contributed by atoms with van der Waals surface area (Å²) < 4.78 is 15.2. The van der Waals surface area contributed by atoms with Gasteiger partial charge in [0.15, 0.2) is 0 Å². The third-order valence-electron chi connectivity index (χ3n) is 4.34. The molecule has 31 heavy (non-hydrogen) atoms. The molecule has 0 spiro atoms. The Hall–Kier alpha value is -2.77. The number of ether oxygens (including phenoxy) is 3. The van der Waals surface area contributed by atoms with Gasteiger partial charge in [-0.3, -0.25) is 4.79 Å². The molecule has 0 aromatic heterocycles. The van der Waals surface area contributed by atoms with E-state index in [0.29, 0.717) is 32.2 Å². The molecule has 0 saturated heterocycles. The molecule has 0 saturated carbocycles. The van der Waals surface area contributed by atoms with Gasteiger partial charge < -0.3 is 24.8 Å². The normalized spacial score (nSPS) is 11.9. The SMILES string of the molecule is COC(=O)CCCC(CCCCNC(=O)OCc1ccccc1)NC(=O)OC(C)(C)C. The second-order valence-electron chi connectivity index (χ2n) is 8.30. The zero-order chi connectivity index (χ0) is 23.1. The number of carbonyl (C=O) groups is 3. The number of nitrogens with one attached hydrogen (secondary N) is 2. The van der Waals surface area contributed by atoms with Crippen LogP contribution in [0.2, 0.25) is 0 Å². The second-order valence-corrected chi connectivity index (χ2v) is 8.30. The lowest BCUT2D eigenvalue weighted by Gasteiger charge is -2.23. The smallest absolute Gasteiger partial charge is 0.407 e. The van der Waals surface area contributed by atoms with Crippen LogP contribution in [-0.4, -0.2) is 43.5 Å². The molecule has 1 atom stereocenters. The van der Waals surface area contributed by atoms with Crippen molar-refractivity contribution in [3.05, 3.63) is 35.9 Å². The number of benzene rings is 1. The van der Waals surface area contributed by atoms with Crippen LogP contribution in [0.25, 0.3) is 0 Å². The van der Waals surface area contributed by atoms with Gasteiger partial charge in [-0.1, -0.05) is 30.3 Å². The van der Waals surface area contributed by atoms with Crippen molar-refractivity contribution >= 4 is 18.2 Å². The maximum Gasteiger partial charge on any atom is 0.407 e. The number of unbranched alkanes of at least 4 members (excludes halogenated alkanes) is 1. The molecular formula is C23H36N2O6. The number of rotatable bonds is 12. The van der Waals surface area contributed by atoms with Crippen molar-refractivity contribution in [3.63, 3.8) is 0 Å². The van der Waals surface area contributed by atoms with Gasteiger partial charge in [-0.15, -0.1) is 0 Å². The van der Waals surface area contributed by atoms with E-state index in [2.05, 4.69) is 15.4 Å². The zero-order valence-electron chi connectivity index (χ0n) is 19.1. The van der Waals surface area contributed by atoms with Crippen molar-refractivity contribution in [2.45, 2.75) is 77.5 Å². The van der Waals surface area contributed by atoms with Crippen LogP contribution >= 0.6 is 0 Å². The second kappa shape index (κ2) is 14.3. The molecule has 1 aromatic carbocycles. The number of esters is 1. The maximum atomic E-state index is 12.1. The molecular weight excluding hydrogens is 400 g/mol. The molecule has 1 rings (SSSR count). The van der Waals surface area contributed by atoms with E-state index in [-0.39, 0.29) is 18.6 Å². The first-order valence-corrected chi connectivity index (χ1v) is 10.7. The zero-order valence-corrected chi connectivity index (χ0v) is 19.1. The molecule has 1 unspecified atom stereocenters. The summed E-state index contributed by atoms with van der Waals surface area (Å²) in [5, 5.41) is 5.61. The average molecular weight is 437 g/mol. The first-order chi connectivity index (χ1) is 14.7. The lowest BCUT2D eigenvalue weighted by Crippen LogP contribution is -2.39. The Morgan fingerprint density at radius 3 is 2.29 bits per heavy atom. The molecule has 0 heterocycles. The van der Waals surface area contributed by atoms with Crippen molar-refractivity contribution in [2.75, 3.05) is 13.7 Å². The van der Waals surface area contributed by atoms with Gasteiger partial charge in [-0.25, -0.2) is 9.59 Å². The summed E-state index contributed by atoms with van der Waals surface area (Å²) in [6, 6.07) is 9.36. The van der Waals surface area contributed by atoms with Crippen molar-refractivity contribution in [1.82, 2.24) is 10.6 Å². The number of methoxy groups -OCH3 is 1. The molecule has 0 fully saturated rings. The highest BCUT2D eigenvalue weighted by molar-refractivity contribution is 5.69.